The molecule has 0 saturated carbocycles. The first-order valence-corrected chi connectivity index (χ1v) is 7.08. The molecule has 0 radical (unpaired) electrons. The van der Waals surface area contributed by atoms with E-state index in [2.05, 4.69) is 10.2 Å². The van der Waals surface area contributed by atoms with Gasteiger partial charge in [-0.3, -0.25) is 0 Å². The first-order valence-electron chi connectivity index (χ1n) is 7.08. The number of aryl methyl sites for hydroxylation is 1. The maximum absolute atomic E-state index is 12.2. The van der Waals surface area contributed by atoms with Crippen LogP contribution >= 0.6 is 0 Å². The van der Waals surface area contributed by atoms with Crippen LogP contribution in [0.5, 0.6) is 11.5 Å². The minimum absolute atomic E-state index is 0.137. The van der Waals surface area contributed by atoms with Gasteiger partial charge in [0.15, 0.2) is 11.5 Å². The van der Waals surface area contributed by atoms with Gasteiger partial charge in [-0.05, 0) is 42.8 Å². The molecule has 0 spiro atoms. The highest BCUT2D eigenvalue weighted by Crippen LogP contribution is 2.28. The van der Waals surface area contributed by atoms with E-state index in [0.29, 0.717) is 22.6 Å². The summed E-state index contributed by atoms with van der Waals surface area (Å²) >= 11 is 0. The Morgan fingerprint density at radius 1 is 1.12 bits per heavy atom. The molecule has 7 nitrogen and oxygen atoms in total. The normalized spacial score (nSPS) is 10.4. The molecule has 0 bridgehead atoms. The summed E-state index contributed by atoms with van der Waals surface area (Å²) in [4.78, 5) is 12.2. The predicted molar refractivity (Wildman–Crippen MR) is 92.5 cm³/mol. The Morgan fingerprint density at radius 2 is 1.92 bits per heavy atom. The molecule has 124 valence electrons. The number of benzene rings is 2. The third-order valence-corrected chi connectivity index (χ3v) is 3.02. The third-order valence-electron chi connectivity index (χ3n) is 3.02. The summed E-state index contributed by atoms with van der Waals surface area (Å²) in [7, 11) is 1.48. The molecule has 0 aromatic heterocycles. The van der Waals surface area contributed by atoms with Crippen LogP contribution in [0.4, 0.5) is 0 Å². The molecule has 0 fully saturated rings. The zero-order valence-electron chi connectivity index (χ0n) is 13.4. The summed E-state index contributed by atoms with van der Waals surface area (Å²) in [5, 5.41) is 7.22. The van der Waals surface area contributed by atoms with Gasteiger partial charge in [0.2, 0.25) is 5.96 Å². The molecule has 0 aliphatic rings. The van der Waals surface area contributed by atoms with Gasteiger partial charge < -0.3 is 20.9 Å². The lowest BCUT2D eigenvalue weighted by Crippen LogP contribution is -2.21. The zero-order chi connectivity index (χ0) is 17.5. The van der Waals surface area contributed by atoms with E-state index in [1.807, 2.05) is 13.0 Å². The number of carbonyl (C=O) groups is 1. The second-order valence-corrected chi connectivity index (χ2v) is 4.94. The van der Waals surface area contributed by atoms with Crippen molar-refractivity contribution >= 4 is 18.1 Å². The molecular weight excluding hydrogens is 308 g/mol. The minimum Gasteiger partial charge on any atom is -0.493 e. The van der Waals surface area contributed by atoms with E-state index in [-0.39, 0.29) is 5.96 Å². The predicted octanol–water partition coefficient (Wildman–Crippen LogP) is 1.83. The lowest BCUT2D eigenvalue weighted by atomic mass is 10.1. The molecule has 0 amide bonds. The summed E-state index contributed by atoms with van der Waals surface area (Å²) in [6, 6.07) is 12.1. The van der Waals surface area contributed by atoms with Gasteiger partial charge in [0, 0.05) is 0 Å². The number of esters is 1. The molecule has 0 heterocycles. The molecule has 2 aromatic rings. The quantitative estimate of drug-likeness (QED) is 0.286. The summed E-state index contributed by atoms with van der Waals surface area (Å²) in [6.07, 6.45) is 1.45. The van der Waals surface area contributed by atoms with E-state index in [0.717, 1.165) is 5.56 Å². The second-order valence-electron chi connectivity index (χ2n) is 4.94. The van der Waals surface area contributed by atoms with Crippen LogP contribution in [-0.2, 0) is 0 Å². The highest BCUT2D eigenvalue weighted by Gasteiger charge is 2.12. The Morgan fingerprint density at radius 3 is 2.58 bits per heavy atom. The molecule has 0 unspecified atom stereocenters. The third kappa shape index (κ3) is 4.57. The van der Waals surface area contributed by atoms with Crippen molar-refractivity contribution in [1.82, 2.24) is 0 Å². The van der Waals surface area contributed by atoms with Crippen LogP contribution in [0.1, 0.15) is 21.5 Å². The molecule has 24 heavy (non-hydrogen) atoms. The fourth-order valence-electron chi connectivity index (χ4n) is 1.94. The Bertz CT molecular complexity index is 796. The smallest absolute Gasteiger partial charge is 0.343 e. The van der Waals surface area contributed by atoms with Gasteiger partial charge in [0.1, 0.15) is 0 Å². The highest BCUT2D eigenvalue weighted by molar-refractivity contribution is 5.91. The van der Waals surface area contributed by atoms with Crippen molar-refractivity contribution in [1.29, 1.82) is 0 Å². The molecular formula is C17H18N4O3. The van der Waals surface area contributed by atoms with Crippen molar-refractivity contribution < 1.29 is 14.3 Å². The molecule has 0 aliphatic heterocycles. The SMILES string of the molecule is COc1cc(C=NN=C(N)N)ccc1OC(=O)c1cccc(C)c1. The Kier molecular flexibility index (Phi) is 5.51. The maximum atomic E-state index is 12.2. The number of nitrogens with zero attached hydrogens (tertiary/aromatic N) is 2. The van der Waals surface area contributed by atoms with Gasteiger partial charge in [0.25, 0.3) is 0 Å². The number of carbonyl (C=O) groups excluding carboxylic acids is 1. The van der Waals surface area contributed by atoms with Crippen LogP contribution in [0.2, 0.25) is 0 Å². The van der Waals surface area contributed by atoms with Crippen molar-refractivity contribution in [2.24, 2.45) is 21.7 Å². The molecule has 7 heteroatoms. The maximum Gasteiger partial charge on any atom is 0.343 e. The van der Waals surface area contributed by atoms with Crippen molar-refractivity contribution in [3.63, 3.8) is 0 Å². The molecule has 0 saturated heterocycles. The van der Waals surface area contributed by atoms with Crippen molar-refractivity contribution in [2.75, 3.05) is 7.11 Å². The number of hydrogen-bond acceptors (Lipinski definition) is 5. The number of methoxy groups -OCH3 is 1. The van der Waals surface area contributed by atoms with E-state index in [9.17, 15) is 4.79 Å². The minimum atomic E-state index is -0.459. The number of hydrogen-bond donors (Lipinski definition) is 2. The number of guanidine groups is 1. The zero-order valence-corrected chi connectivity index (χ0v) is 13.4. The average molecular weight is 326 g/mol. The molecule has 0 aliphatic carbocycles. The van der Waals surface area contributed by atoms with Gasteiger partial charge in [-0.15, -0.1) is 5.10 Å². The lowest BCUT2D eigenvalue weighted by Gasteiger charge is -2.10. The van der Waals surface area contributed by atoms with Crippen molar-refractivity contribution in [3.05, 3.63) is 59.2 Å². The largest absolute Gasteiger partial charge is 0.493 e. The fourth-order valence-corrected chi connectivity index (χ4v) is 1.94. The molecule has 0 atom stereocenters. The highest BCUT2D eigenvalue weighted by atomic mass is 16.6. The van der Waals surface area contributed by atoms with Crippen LogP contribution in [0.3, 0.4) is 0 Å². The number of ether oxygens (including phenoxy) is 2. The van der Waals surface area contributed by atoms with Gasteiger partial charge in [0.05, 0.1) is 18.9 Å². The fraction of sp³-hybridized carbons (Fsp3) is 0.118. The van der Waals surface area contributed by atoms with Gasteiger partial charge in [-0.2, -0.15) is 5.10 Å². The standard InChI is InChI=1S/C17H18N4O3/c1-11-4-3-5-13(8-11)16(22)24-14-7-6-12(9-15(14)23-2)10-20-21-17(18)19/h3-10H,1-2H3,(H4,18,19,21). The summed E-state index contributed by atoms with van der Waals surface area (Å²) in [5.74, 6) is 0.105. The first kappa shape index (κ1) is 17.0. The summed E-state index contributed by atoms with van der Waals surface area (Å²) in [5.41, 5.74) is 12.5. The van der Waals surface area contributed by atoms with E-state index in [1.165, 1.54) is 13.3 Å². The monoisotopic (exact) mass is 326 g/mol. The van der Waals surface area contributed by atoms with Crippen LogP contribution in [0.15, 0.2) is 52.7 Å². The summed E-state index contributed by atoms with van der Waals surface area (Å²) in [6.45, 7) is 1.90. The van der Waals surface area contributed by atoms with Crippen LogP contribution in [0.25, 0.3) is 0 Å². The van der Waals surface area contributed by atoms with Gasteiger partial charge >= 0.3 is 5.97 Å². The van der Waals surface area contributed by atoms with Gasteiger partial charge in [-0.25, -0.2) is 4.79 Å². The van der Waals surface area contributed by atoms with Crippen LogP contribution in [0, 0.1) is 6.92 Å². The van der Waals surface area contributed by atoms with Gasteiger partial charge in [-0.1, -0.05) is 17.7 Å². The van der Waals surface area contributed by atoms with E-state index in [4.69, 9.17) is 20.9 Å². The Balaban J connectivity index is 2.20. The average Bonchev–Trinajstić information content (AvgIpc) is 2.55. The number of nitrogens with two attached hydrogens (primary N) is 2. The van der Waals surface area contributed by atoms with Crippen molar-refractivity contribution in [3.8, 4) is 11.5 Å². The first-order chi connectivity index (χ1) is 11.5. The molecule has 2 aromatic carbocycles. The van der Waals surface area contributed by atoms with Crippen LogP contribution < -0.4 is 20.9 Å². The summed E-state index contributed by atoms with van der Waals surface area (Å²) < 4.78 is 10.6. The Labute approximate surface area is 139 Å². The second kappa shape index (κ2) is 7.77. The molecule has 4 N–H and O–H groups in total. The lowest BCUT2D eigenvalue weighted by molar-refractivity contribution is 0.0729. The van der Waals surface area contributed by atoms with E-state index in [1.54, 1.807) is 36.4 Å². The van der Waals surface area contributed by atoms with E-state index >= 15 is 0 Å². The van der Waals surface area contributed by atoms with E-state index < -0.39 is 5.97 Å². The Hall–Kier alpha value is -3.35. The topological polar surface area (TPSA) is 112 Å². The van der Waals surface area contributed by atoms with Crippen molar-refractivity contribution in [2.45, 2.75) is 6.92 Å². The number of rotatable bonds is 5. The van der Waals surface area contributed by atoms with Crippen LogP contribution in [-0.4, -0.2) is 25.3 Å². The molecule has 2 rings (SSSR count).